The van der Waals surface area contributed by atoms with Gasteiger partial charge in [0, 0.05) is 17.0 Å². The fourth-order valence-electron chi connectivity index (χ4n) is 3.19. The molecule has 0 aromatic carbocycles. The smallest absolute Gasteiger partial charge is 0.0900 e. The van der Waals surface area contributed by atoms with E-state index in [2.05, 4.69) is 38.0 Å². The molecule has 18 heavy (non-hydrogen) atoms. The minimum Gasteiger partial charge on any atom is -0.307 e. The van der Waals surface area contributed by atoms with Crippen molar-refractivity contribution in [3.63, 3.8) is 0 Å². The van der Waals surface area contributed by atoms with Gasteiger partial charge in [0.2, 0.25) is 0 Å². The highest BCUT2D eigenvalue weighted by Gasteiger charge is 2.22. The highest BCUT2D eigenvalue weighted by molar-refractivity contribution is 7.11. The maximum Gasteiger partial charge on any atom is 0.0900 e. The first-order chi connectivity index (χ1) is 8.58. The highest BCUT2D eigenvalue weighted by Crippen LogP contribution is 2.29. The molecule has 0 amide bonds. The zero-order valence-electron chi connectivity index (χ0n) is 12.1. The second-order valence-corrected chi connectivity index (χ2v) is 6.99. The number of nitrogens with one attached hydrogen (secondary N) is 1. The SMILES string of the molecule is Cc1nc(C)c(C(C)N[C@H](C)C2CCCCC2)s1. The number of aromatic nitrogens is 1. The summed E-state index contributed by atoms with van der Waals surface area (Å²) in [4.78, 5) is 5.94. The Bertz CT molecular complexity index is 380. The largest absolute Gasteiger partial charge is 0.307 e. The van der Waals surface area contributed by atoms with Crippen LogP contribution in [-0.4, -0.2) is 11.0 Å². The van der Waals surface area contributed by atoms with Crippen LogP contribution in [0.25, 0.3) is 0 Å². The normalized spacial score (nSPS) is 20.9. The Hall–Kier alpha value is -0.410. The van der Waals surface area contributed by atoms with Crippen molar-refractivity contribution in [1.82, 2.24) is 10.3 Å². The maximum atomic E-state index is 4.53. The topological polar surface area (TPSA) is 24.9 Å². The minimum absolute atomic E-state index is 0.438. The van der Waals surface area contributed by atoms with E-state index < -0.39 is 0 Å². The molecular formula is C15H26N2S. The summed E-state index contributed by atoms with van der Waals surface area (Å²) >= 11 is 1.84. The summed E-state index contributed by atoms with van der Waals surface area (Å²) in [6, 6.07) is 1.07. The Balaban J connectivity index is 1.93. The van der Waals surface area contributed by atoms with Crippen LogP contribution in [-0.2, 0) is 0 Å². The van der Waals surface area contributed by atoms with Crippen molar-refractivity contribution >= 4 is 11.3 Å². The molecule has 0 saturated heterocycles. The van der Waals surface area contributed by atoms with E-state index in [0.29, 0.717) is 12.1 Å². The Morgan fingerprint density at radius 1 is 1.17 bits per heavy atom. The van der Waals surface area contributed by atoms with Gasteiger partial charge in [0.1, 0.15) is 0 Å². The standard InChI is InChI=1S/C15H26N2S/c1-10(14-8-6-5-7-9-14)16-11(2)15-12(3)17-13(4)18-15/h10-11,14,16H,5-9H2,1-4H3/t10-,11?/m1/s1. The van der Waals surface area contributed by atoms with Crippen LogP contribution in [0.1, 0.15) is 67.6 Å². The first-order valence-electron chi connectivity index (χ1n) is 7.28. The molecule has 1 aromatic heterocycles. The number of hydrogen-bond acceptors (Lipinski definition) is 3. The van der Waals surface area contributed by atoms with E-state index in [1.54, 1.807) is 0 Å². The fraction of sp³-hybridized carbons (Fsp3) is 0.800. The number of nitrogens with zero attached hydrogens (tertiary/aromatic N) is 1. The highest BCUT2D eigenvalue weighted by atomic mass is 32.1. The van der Waals surface area contributed by atoms with Gasteiger partial charge in [-0.25, -0.2) is 4.98 Å². The van der Waals surface area contributed by atoms with Crippen molar-refractivity contribution in [2.24, 2.45) is 5.92 Å². The van der Waals surface area contributed by atoms with Crippen LogP contribution in [0.15, 0.2) is 0 Å². The van der Waals surface area contributed by atoms with Crippen molar-refractivity contribution in [1.29, 1.82) is 0 Å². The molecule has 1 aliphatic carbocycles. The van der Waals surface area contributed by atoms with Gasteiger partial charge in [-0.1, -0.05) is 19.3 Å². The molecule has 0 spiro atoms. The number of thiazole rings is 1. The molecular weight excluding hydrogens is 240 g/mol. The van der Waals surface area contributed by atoms with Crippen LogP contribution < -0.4 is 5.32 Å². The predicted molar refractivity (Wildman–Crippen MR) is 79.2 cm³/mol. The average molecular weight is 266 g/mol. The molecule has 1 aliphatic rings. The van der Waals surface area contributed by atoms with Gasteiger partial charge < -0.3 is 5.32 Å². The van der Waals surface area contributed by atoms with E-state index in [-0.39, 0.29) is 0 Å². The van der Waals surface area contributed by atoms with Gasteiger partial charge in [0.05, 0.1) is 10.7 Å². The number of aryl methyl sites for hydroxylation is 2. The van der Waals surface area contributed by atoms with Gasteiger partial charge in [-0.2, -0.15) is 0 Å². The van der Waals surface area contributed by atoms with Crippen molar-refractivity contribution < 1.29 is 0 Å². The Labute approximate surface area is 115 Å². The summed E-state index contributed by atoms with van der Waals surface area (Å²) in [5, 5.41) is 4.97. The van der Waals surface area contributed by atoms with Gasteiger partial charge in [0.15, 0.2) is 0 Å². The first-order valence-corrected chi connectivity index (χ1v) is 8.09. The van der Waals surface area contributed by atoms with E-state index in [1.807, 2.05) is 11.3 Å². The molecule has 2 atom stereocenters. The third kappa shape index (κ3) is 3.33. The van der Waals surface area contributed by atoms with Gasteiger partial charge in [-0.3, -0.25) is 0 Å². The lowest BCUT2D eigenvalue weighted by Crippen LogP contribution is -2.36. The summed E-state index contributed by atoms with van der Waals surface area (Å²) in [5.41, 5.74) is 1.20. The molecule has 3 heteroatoms. The molecule has 1 fully saturated rings. The third-order valence-corrected chi connectivity index (χ3v) is 5.46. The maximum absolute atomic E-state index is 4.53. The van der Waals surface area contributed by atoms with Gasteiger partial charge in [-0.05, 0) is 46.5 Å². The average Bonchev–Trinajstić information content (AvgIpc) is 2.69. The van der Waals surface area contributed by atoms with Crippen LogP contribution in [0.2, 0.25) is 0 Å². The van der Waals surface area contributed by atoms with E-state index in [4.69, 9.17) is 0 Å². The van der Waals surface area contributed by atoms with Gasteiger partial charge in [-0.15, -0.1) is 11.3 Å². The molecule has 1 N–H and O–H groups in total. The van der Waals surface area contributed by atoms with E-state index in [0.717, 1.165) is 5.92 Å². The monoisotopic (exact) mass is 266 g/mol. The molecule has 1 heterocycles. The third-order valence-electron chi connectivity index (χ3n) is 4.20. The van der Waals surface area contributed by atoms with Crippen LogP contribution in [0, 0.1) is 19.8 Å². The zero-order valence-corrected chi connectivity index (χ0v) is 12.9. The predicted octanol–water partition coefficient (Wildman–Crippen LogP) is 4.38. The van der Waals surface area contributed by atoms with Crippen LogP contribution >= 0.6 is 11.3 Å². The first kappa shape index (κ1) is 14.0. The molecule has 1 unspecified atom stereocenters. The molecule has 0 aliphatic heterocycles. The van der Waals surface area contributed by atoms with E-state index in [9.17, 15) is 0 Å². The minimum atomic E-state index is 0.438. The molecule has 0 bridgehead atoms. The second-order valence-electron chi connectivity index (χ2n) is 5.76. The summed E-state index contributed by atoms with van der Waals surface area (Å²) in [6.45, 7) is 8.86. The molecule has 1 aromatic rings. The van der Waals surface area contributed by atoms with Gasteiger partial charge >= 0.3 is 0 Å². The van der Waals surface area contributed by atoms with Crippen molar-refractivity contribution in [2.75, 3.05) is 0 Å². The number of hydrogen-bond donors (Lipinski definition) is 1. The molecule has 102 valence electrons. The lowest BCUT2D eigenvalue weighted by Gasteiger charge is -2.30. The van der Waals surface area contributed by atoms with Gasteiger partial charge in [0.25, 0.3) is 0 Å². The zero-order chi connectivity index (χ0) is 13.1. The lowest BCUT2D eigenvalue weighted by molar-refractivity contribution is 0.269. The molecule has 2 rings (SSSR count). The number of rotatable bonds is 4. The summed E-state index contributed by atoms with van der Waals surface area (Å²) < 4.78 is 0. The Kier molecular flexibility index (Phi) is 4.79. The summed E-state index contributed by atoms with van der Waals surface area (Å²) in [7, 11) is 0. The van der Waals surface area contributed by atoms with Crippen LogP contribution in [0.4, 0.5) is 0 Å². The second kappa shape index (κ2) is 6.16. The van der Waals surface area contributed by atoms with Crippen molar-refractivity contribution in [3.8, 4) is 0 Å². The summed E-state index contributed by atoms with van der Waals surface area (Å²) in [6.07, 6.45) is 7.09. The summed E-state index contributed by atoms with van der Waals surface area (Å²) in [5.74, 6) is 0.871. The lowest BCUT2D eigenvalue weighted by atomic mass is 9.84. The van der Waals surface area contributed by atoms with Crippen molar-refractivity contribution in [3.05, 3.63) is 15.6 Å². The quantitative estimate of drug-likeness (QED) is 0.875. The Morgan fingerprint density at radius 3 is 2.39 bits per heavy atom. The van der Waals surface area contributed by atoms with E-state index >= 15 is 0 Å². The van der Waals surface area contributed by atoms with E-state index in [1.165, 1.54) is 47.7 Å². The molecule has 2 nitrogen and oxygen atoms in total. The van der Waals surface area contributed by atoms with Crippen molar-refractivity contribution in [2.45, 2.75) is 71.9 Å². The molecule has 1 saturated carbocycles. The Morgan fingerprint density at radius 2 is 1.83 bits per heavy atom. The van der Waals surface area contributed by atoms with Crippen LogP contribution in [0.5, 0.6) is 0 Å². The van der Waals surface area contributed by atoms with Crippen LogP contribution in [0.3, 0.4) is 0 Å². The fourth-order valence-corrected chi connectivity index (χ4v) is 4.13. The molecule has 0 radical (unpaired) electrons.